The Balaban J connectivity index is 0.000000115. The second-order valence-corrected chi connectivity index (χ2v) is 46.7. The van der Waals surface area contributed by atoms with Crippen LogP contribution in [-0.4, -0.2) is 15.0 Å². The molecular weight excluding hydrogens is 1830 g/mol. The van der Waals surface area contributed by atoms with Gasteiger partial charge in [0.2, 0.25) is 0 Å². The minimum Gasteiger partial charge on any atom is -0.309 e. The highest BCUT2D eigenvalue weighted by molar-refractivity contribution is 7.86. The molecule has 20 aromatic carbocycles. The van der Waals surface area contributed by atoms with Gasteiger partial charge >= 0.3 is 0 Å². The Morgan fingerprint density at radius 3 is 0.787 bits per heavy atom. The van der Waals surface area contributed by atoms with Gasteiger partial charge in [0.25, 0.3) is 0 Å². The zero-order chi connectivity index (χ0) is 94.4. The lowest BCUT2D eigenvalue weighted by Gasteiger charge is -2.20. The first-order chi connectivity index (χ1) is 69.5. The smallest absolute Gasteiger partial charge is 0.171 e. The molecule has 26 aromatic rings. The number of hydrogen-bond donors (Lipinski definition) is 0. The van der Waals surface area contributed by atoms with Gasteiger partial charge in [0.15, 0.2) is 21.4 Å². The Hall–Kier alpha value is -16.0. The molecule has 0 unspecified atom stereocenters. The summed E-state index contributed by atoms with van der Waals surface area (Å²) in [5.74, 6) is 0. The molecule has 0 radical (unpaired) electrons. The number of aromatic nitrogens is 3. The summed E-state index contributed by atoms with van der Waals surface area (Å²) in [4.78, 5) is 15.7. The van der Waals surface area contributed by atoms with Crippen LogP contribution in [0.5, 0.6) is 0 Å². The maximum absolute atomic E-state index is 15.1. The summed E-state index contributed by atoms with van der Waals surface area (Å²) < 4.78 is 52.2. The van der Waals surface area contributed by atoms with Gasteiger partial charge in [0.1, 0.15) is 0 Å². The van der Waals surface area contributed by atoms with Crippen molar-refractivity contribution in [1.29, 1.82) is 0 Å². The maximum atomic E-state index is 15.1. The van der Waals surface area contributed by atoms with Crippen LogP contribution < -0.4 is 47.7 Å². The van der Waals surface area contributed by atoms with Crippen LogP contribution in [0.15, 0.2) is 522 Å². The van der Waals surface area contributed by atoms with E-state index >= 15 is 4.57 Å². The maximum Gasteiger partial charge on any atom is 0.171 e. The van der Waals surface area contributed by atoms with E-state index in [1.165, 1.54) is 65.9 Å². The van der Waals surface area contributed by atoms with Gasteiger partial charge in [-0.2, -0.15) is 0 Å². The van der Waals surface area contributed by atoms with E-state index in [1.807, 2.05) is 247 Å². The molecule has 26 rings (SSSR count). The molecule has 0 aliphatic carbocycles. The molecule has 0 N–H and O–H groups in total. The predicted molar refractivity (Wildman–Crippen MR) is 606 cm³/mol. The molecule has 0 aliphatic heterocycles. The summed E-state index contributed by atoms with van der Waals surface area (Å²) in [7, 11) is -9.15. The number of nitrogens with zero attached hydrogens (tertiary/aromatic N) is 3. The van der Waals surface area contributed by atoms with Crippen LogP contribution in [0.2, 0.25) is 0 Å². The molecule has 141 heavy (non-hydrogen) atoms. The van der Waals surface area contributed by atoms with Gasteiger partial charge in [-0.1, -0.05) is 461 Å². The topological polar surface area (TPSA) is 89.9 Å². The van der Waals surface area contributed by atoms with Gasteiger partial charge in [-0.25, -0.2) is 15.0 Å². The summed E-state index contributed by atoms with van der Waals surface area (Å²) in [6, 6.07) is 178. The van der Waals surface area contributed by atoms with Crippen molar-refractivity contribution in [2.75, 3.05) is 0 Å². The summed E-state index contributed by atoms with van der Waals surface area (Å²) >= 11 is 5.44. The minimum atomic E-state index is -3.09. The van der Waals surface area contributed by atoms with Gasteiger partial charge < -0.3 is 13.7 Å². The zero-order valence-electron chi connectivity index (χ0n) is 76.3. The fourth-order valence-corrected chi connectivity index (χ4v) is 31.6. The number of rotatable bonds is 17. The van der Waals surface area contributed by atoms with E-state index in [4.69, 9.17) is 15.0 Å². The van der Waals surface area contributed by atoms with Crippen LogP contribution in [0.3, 0.4) is 0 Å². The zero-order valence-corrected chi connectivity index (χ0v) is 81.4. The van der Waals surface area contributed by atoms with Crippen molar-refractivity contribution in [1.82, 2.24) is 15.0 Å². The first kappa shape index (κ1) is 87.7. The lowest BCUT2D eigenvalue weighted by molar-refractivity contribution is 0.591. The van der Waals surface area contributed by atoms with Crippen LogP contribution in [0.4, 0.5) is 0 Å². The molecule has 6 nitrogen and oxygen atoms in total. The van der Waals surface area contributed by atoms with Crippen LogP contribution in [0.25, 0.3) is 183 Å². The van der Waals surface area contributed by atoms with Crippen molar-refractivity contribution in [3.63, 3.8) is 0 Å². The van der Waals surface area contributed by atoms with Crippen LogP contribution in [-0.2, 0) is 13.7 Å². The molecular formula is C129H86N3O3P3S3. The summed E-state index contributed by atoms with van der Waals surface area (Å²) in [5.41, 5.74) is 20.5. The Morgan fingerprint density at radius 2 is 0.404 bits per heavy atom. The second-order valence-electron chi connectivity index (χ2n) is 35.2. The molecule has 0 bridgehead atoms. The molecule has 0 amide bonds. The molecule has 668 valence electrons. The number of pyridine rings is 3. The highest BCUT2D eigenvalue weighted by atomic mass is 32.1. The van der Waals surface area contributed by atoms with Crippen molar-refractivity contribution in [2.45, 2.75) is 0 Å². The first-order valence-electron chi connectivity index (χ1n) is 47.1. The Morgan fingerprint density at radius 1 is 0.156 bits per heavy atom. The quantitative estimate of drug-likeness (QED) is 0.0844. The van der Waals surface area contributed by atoms with E-state index in [-0.39, 0.29) is 0 Å². The molecule has 0 fully saturated rings. The van der Waals surface area contributed by atoms with Crippen LogP contribution >= 0.6 is 55.4 Å². The van der Waals surface area contributed by atoms with E-state index in [1.54, 1.807) is 11.3 Å². The molecule has 0 aliphatic rings. The van der Waals surface area contributed by atoms with Crippen molar-refractivity contribution in [3.05, 3.63) is 522 Å². The minimum absolute atomic E-state index is 0.824. The molecule has 12 heteroatoms. The van der Waals surface area contributed by atoms with Gasteiger partial charge in [0.05, 0.1) is 47.7 Å². The number of benzene rings is 20. The monoisotopic (exact) mass is 1910 g/mol. The molecule has 0 saturated heterocycles. The molecule has 0 saturated carbocycles. The van der Waals surface area contributed by atoms with Gasteiger partial charge in [-0.05, 0) is 116 Å². The van der Waals surface area contributed by atoms with E-state index in [2.05, 4.69) is 297 Å². The summed E-state index contributed by atoms with van der Waals surface area (Å²) in [5, 5.41) is 18.5. The Kier molecular flexibility index (Phi) is 23.5. The van der Waals surface area contributed by atoms with E-state index < -0.39 is 21.4 Å². The van der Waals surface area contributed by atoms with Crippen LogP contribution in [0.1, 0.15) is 0 Å². The van der Waals surface area contributed by atoms with Crippen molar-refractivity contribution in [3.8, 4) is 89.4 Å². The lowest BCUT2D eigenvalue weighted by Crippen LogP contribution is -2.25. The summed E-state index contributed by atoms with van der Waals surface area (Å²) in [6.45, 7) is 0. The highest BCUT2D eigenvalue weighted by Gasteiger charge is 2.34. The number of thiophene rings is 3. The van der Waals surface area contributed by atoms with Gasteiger partial charge in [0, 0.05) is 127 Å². The van der Waals surface area contributed by atoms with Crippen molar-refractivity contribution < 1.29 is 13.7 Å². The second kappa shape index (κ2) is 37.7. The summed E-state index contributed by atoms with van der Waals surface area (Å²) in [6.07, 6.45) is 0. The SMILES string of the molecule is O=P(c1ccccc1)(c1ccccc1)c1ccc(-c2ccc(-c3ccc4nc(-c5ccccc5)c5sc6ccccc6c5c4c3)cc2)cc1.O=P(c1ccccc1)(c1ccccc1)c1ccc(-c2cccc3nc(-c4ccccc4)c4sc5ccccc5c4c23)cc1.O=P(c1ccccc1)(c1ccccc1)c1cccc(-c2cccc(-c3ccc4nc(-c5ccccc5)c5sc6ccccc6c5c4c3)c2)c1. The average molecular weight is 1920 g/mol. The average Bonchev–Trinajstić information content (AvgIpc) is 1.60. The largest absolute Gasteiger partial charge is 0.309 e. The Labute approximate surface area is 829 Å². The number of fused-ring (bicyclic) bond motifs is 15. The van der Waals surface area contributed by atoms with E-state index in [9.17, 15) is 9.13 Å². The molecule has 6 aromatic heterocycles. The third-order valence-corrected chi connectivity index (χ3v) is 39.6. The molecule has 0 spiro atoms. The first-order valence-corrected chi connectivity index (χ1v) is 54.7. The van der Waals surface area contributed by atoms with Crippen molar-refractivity contribution in [2.24, 2.45) is 0 Å². The standard InChI is InChI=1S/2C45H30NOPS.C39H26NOPS/c47-48(36-19-6-2-7-20-36,37-21-8-3-9-22-37)38-23-13-18-34(29-38)32-16-12-17-33(28-32)35-26-27-41-40(30-35)43-39-24-10-11-25-42(39)49-45(43)44(46-41)31-14-4-1-5-15-31;47-48(36-14-6-2-7-15-36,37-16-8-3-9-17-37)38-27-24-32(25-28-38)31-20-22-33(23-21-31)35-26-29-41-40(30-35)43-39-18-10-11-19-42(39)49-45(43)44(46-41)34-12-4-1-5-13-34;41-42(29-15-6-2-7-16-29,30-17-8-3-9-18-30)31-25-23-27(24-26-31)32-20-12-21-34-36(32)37-33-19-10-11-22-35(33)43-39(37)38(40-34)28-13-4-1-5-14-28/h2*1-30H;1-26H. The van der Waals surface area contributed by atoms with Crippen LogP contribution in [0, 0.1) is 0 Å². The fraction of sp³-hybridized carbons (Fsp3) is 0. The normalized spacial score (nSPS) is 11.8. The third kappa shape index (κ3) is 16.2. The van der Waals surface area contributed by atoms with E-state index in [0.717, 1.165) is 164 Å². The number of hydrogen-bond acceptors (Lipinski definition) is 9. The van der Waals surface area contributed by atoms with E-state index in [0.29, 0.717) is 0 Å². The van der Waals surface area contributed by atoms with Gasteiger partial charge in [-0.3, -0.25) is 0 Å². The third-order valence-electron chi connectivity index (χ3n) is 26.9. The fourth-order valence-electron chi connectivity index (χ4n) is 20.0. The molecule has 6 heterocycles. The Bertz CT molecular complexity index is 9220. The predicted octanol–water partition coefficient (Wildman–Crippen LogP) is 32.1. The van der Waals surface area contributed by atoms with Crippen molar-refractivity contribution >= 4 is 196 Å². The van der Waals surface area contributed by atoms with Gasteiger partial charge in [-0.15, -0.1) is 34.0 Å². The lowest BCUT2D eigenvalue weighted by atomic mass is 9.96. The molecule has 0 atom stereocenters. The highest BCUT2D eigenvalue weighted by Crippen LogP contribution is 2.52.